The van der Waals surface area contributed by atoms with Crippen LogP contribution in [0.15, 0.2) is 35.2 Å². The highest BCUT2D eigenvalue weighted by atomic mass is 16.6. The molecule has 1 aromatic heterocycles. The van der Waals surface area contributed by atoms with E-state index in [2.05, 4.69) is 6.58 Å². The number of hydrogen-bond donors (Lipinski definition) is 2. The van der Waals surface area contributed by atoms with Crippen molar-refractivity contribution in [3.63, 3.8) is 0 Å². The van der Waals surface area contributed by atoms with Crippen LogP contribution in [0.1, 0.15) is 57.6 Å². The van der Waals surface area contributed by atoms with Gasteiger partial charge >= 0.3 is 5.97 Å². The van der Waals surface area contributed by atoms with Gasteiger partial charge < -0.3 is 19.4 Å². The van der Waals surface area contributed by atoms with Crippen LogP contribution in [0.25, 0.3) is 0 Å². The molecule has 2 N–H and O–H groups in total. The van der Waals surface area contributed by atoms with Crippen LogP contribution in [0, 0.1) is 10.8 Å². The fourth-order valence-corrected chi connectivity index (χ4v) is 5.47. The molecule has 5 atom stereocenters. The molecule has 0 amide bonds. The molecule has 2 saturated carbocycles. The molecule has 2 aliphatic carbocycles. The summed E-state index contributed by atoms with van der Waals surface area (Å²) < 4.78 is 10.7. The number of esters is 1. The van der Waals surface area contributed by atoms with E-state index in [1.807, 2.05) is 0 Å². The summed E-state index contributed by atoms with van der Waals surface area (Å²) in [6.45, 7) is 7.26. The highest BCUT2D eigenvalue weighted by molar-refractivity contribution is 5.92. The number of aliphatic hydroxyl groups is 2. The number of furan rings is 1. The molecule has 0 aromatic carbocycles. The molecule has 1 aromatic rings. The Hall–Kier alpha value is -1.92. The molecule has 26 heavy (non-hydrogen) atoms. The van der Waals surface area contributed by atoms with Crippen LogP contribution in [0.5, 0.6) is 0 Å². The molecule has 1 aliphatic heterocycles. The van der Waals surface area contributed by atoms with E-state index in [0.29, 0.717) is 18.4 Å². The maximum atomic E-state index is 13.1. The van der Waals surface area contributed by atoms with Gasteiger partial charge in [0.15, 0.2) is 5.78 Å². The van der Waals surface area contributed by atoms with Crippen molar-refractivity contribution in [1.29, 1.82) is 0 Å². The van der Waals surface area contributed by atoms with Gasteiger partial charge in [-0.3, -0.25) is 9.59 Å². The van der Waals surface area contributed by atoms with Crippen molar-refractivity contribution in [2.45, 2.75) is 63.3 Å². The maximum Gasteiger partial charge on any atom is 0.319 e. The van der Waals surface area contributed by atoms with Crippen molar-refractivity contribution in [3.05, 3.63) is 36.3 Å². The number of Topliss-reactive ketones (excluding diaryl/α,β-unsaturated/α-hetero) is 1. The van der Waals surface area contributed by atoms with Gasteiger partial charge in [0, 0.05) is 23.8 Å². The van der Waals surface area contributed by atoms with Gasteiger partial charge in [-0.1, -0.05) is 19.1 Å². The summed E-state index contributed by atoms with van der Waals surface area (Å²) >= 11 is 0. The van der Waals surface area contributed by atoms with E-state index in [1.165, 1.54) is 19.5 Å². The first-order chi connectivity index (χ1) is 12.1. The molecular weight excluding hydrogens is 336 g/mol. The summed E-state index contributed by atoms with van der Waals surface area (Å²) in [6, 6.07) is 1.73. The fraction of sp³-hybridized carbons (Fsp3) is 0.600. The number of fused-ring (bicyclic) bond motifs is 2. The van der Waals surface area contributed by atoms with Gasteiger partial charge in [-0.25, -0.2) is 0 Å². The fourth-order valence-electron chi connectivity index (χ4n) is 5.47. The minimum absolute atomic E-state index is 0.0117. The van der Waals surface area contributed by atoms with Gasteiger partial charge in [-0.15, -0.1) is 0 Å². The first-order valence-corrected chi connectivity index (χ1v) is 9.00. The molecule has 1 spiro atoms. The summed E-state index contributed by atoms with van der Waals surface area (Å²) in [5.74, 6) is -0.836. The van der Waals surface area contributed by atoms with Gasteiger partial charge in [0.1, 0.15) is 17.1 Å². The van der Waals surface area contributed by atoms with Crippen molar-refractivity contribution < 1.29 is 29.0 Å². The summed E-state index contributed by atoms with van der Waals surface area (Å²) in [7, 11) is 0. The summed E-state index contributed by atoms with van der Waals surface area (Å²) in [6.07, 6.45) is 3.64. The van der Waals surface area contributed by atoms with Crippen molar-refractivity contribution in [1.82, 2.24) is 0 Å². The smallest absolute Gasteiger partial charge is 0.319 e. The average Bonchev–Trinajstić information content (AvgIpc) is 3.22. The van der Waals surface area contributed by atoms with E-state index < -0.39 is 34.1 Å². The van der Waals surface area contributed by atoms with Crippen molar-refractivity contribution in [3.8, 4) is 0 Å². The second-order valence-corrected chi connectivity index (χ2v) is 8.35. The molecule has 0 radical (unpaired) electrons. The number of carbonyl (C=O) groups excluding carboxylic acids is 2. The van der Waals surface area contributed by atoms with E-state index in [-0.39, 0.29) is 25.0 Å². The Kier molecular flexibility index (Phi) is 3.42. The maximum absolute atomic E-state index is 13.1. The van der Waals surface area contributed by atoms with Crippen molar-refractivity contribution in [2.24, 2.45) is 10.8 Å². The van der Waals surface area contributed by atoms with Crippen LogP contribution in [0.3, 0.4) is 0 Å². The number of carbonyl (C=O) groups is 2. The van der Waals surface area contributed by atoms with Crippen LogP contribution in [-0.2, 0) is 14.3 Å². The van der Waals surface area contributed by atoms with Crippen LogP contribution >= 0.6 is 0 Å². The normalized spacial score (nSPS) is 45.7. The Morgan fingerprint density at radius 1 is 1.19 bits per heavy atom. The minimum Gasteiger partial charge on any atom is -0.472 e. The van der Waals surface area contributed by atoms with Crippen LogP contribution in [0.4, 0.5) is 0 Å². The molecule has 3 aliphatic rings. The predicted molar refractivity (Wildman–Crippen MR) is 90.9 cm³/mol. The summed E-state index contributed by atoms with van der Waals surface area (Å²) in [5, 5.41) is 22.9. The largest absolute Gasteiger partial charge is 0.472 e. The average molecular weight is 360 g/mol. The third-order valence-electron chi connectivity index (χ3n) is 7.48. The van der Waals surface area contributed by atoms with E-state index in [4.69, 9.17) is 9.15 Å². The molecule has 5 unspecified atom stereocenters. The molecule has 2 heterocycles. The molecule has 1 saturated heterocycles. The third kappa shape index (κ3) is 1.74. The Morgan fingerprint density at radius 2 is 1.92 bits per heavy atom. The monoisotopic (exact) mass is 360 g/mol. The Labute approximate surface area is 151 Å². The molecule has 4 rings (SSSR count). The van der Waals surface area contributed by atoms with Gasteiger partial charge in [-0.05, 0) is 32.3 Å². The zero-order chi connectivity index (χ0) is 19.0. The standard InChI is InChI=1S/C20H24O6/c1-12-4-7-17(2)18(3,23)15(21)5-8-20(17,24)19(12)10-14(26-16(19)22)13-6-9-25-11-13/h6,9,11,14,23-24H,1,4-5,7-8,10H2,2-3H3. The third-order valence-corrected chi connectivity index (χ3v) is 7.48. The lowest BCUT2D eigenvalue weighted by Crippen LogP contribution is -2.74. The van der Waals surface area contributed by atoms with E-state index >= 15 is 0 Å². The topological polar surface area (TPSA) is 97.0 Å². The predicted octanol–water partition coefficient (Wildman–Crippen LogP) is 2.46. The Bertz CT molecular complexity index is 793. The molecule has 3 fully saturated rings. The Morgan fingerprint density at radius 3 is 2.58 bits per heavy atom. The number of hydrogen-bond acceptors (Lipinski definition) is 6. The second-order valence-electron chi connectivity index (χ2n) is 8.35. The lowest BCUT2D eigenvalue weighted by atomic mass is 9.42. The van der Waals surface area contributed by atoms with Crippen LogP contribution in [-0.4, -0.2) is 33.2 Å². The number of cyclic esters (lactones) is 1. The van der Waals surface area contributed by atoms with Crippen molar-refractivity contribution in [2.75, 3.05) is 0 Å². The number of rotatable bonds is 1. The number of ether oxygens (including phenoxy) is 1. The van der Waals surface area contributed by atoms with E-state index in [1.54, 1.807) is 13.0 Å². The summed E-state index contributed by atoms with van der Waals surface area (Å²) in [4.78, 5) is 25.5. The molecule has 6 heteroatoms. The number of ketones is 1. The molecule has 0 bridgehead atoms. The first-order valence-electron chi connectivity index (χ1n) is 9.00. The Balaban J connectivity index is 1.86. The quantitative estimate of drug-likeness (QED) is 0.590. The highest BCUT2D eigenvalue weighted by Crippen LogP contribution is 2.68. The van der Waals surface area contributed by atoms with E-state index in [0.717, 1.165) is 5.56 Å². The van der Waals surface area contributed by atoms with Crippen molar-refractivity contribution >= 4 is 11.8 Å². The van der Waals surface area contributed by atoms with Gasteiger partial charge in [0.2, 0.25) is 0 Å². The zero-order valence-electron chi connectivity index (χ0n) is 15.1. The van der Waals surface area contributed by atoms with Crippen LogP contribution in [0.2, 0.25) is 0 Å². The van der Waals surface area contributed by atoms with E-state index in [9.17, 15) is 19.8 Å². The lowest BCUT2D eigenvalue weighted by molar-refractivity contribution is -0.249. The van der Waals surface area contributed by atoms with Gasteiger partial charge in [-0.2, -0.15) is 0 Å². The van der Waals surface area contributed by atoms with Gasteiger partial charge in [0.05, 0.1) is 18.1 Å². The first kappa shape index (κ1) is 17.5. The molecule has 140 valence electrons. The second kappa shape index (κ2) is 5.08. The lowest BCUT2D eigenvalue weighted by Gasteiger charge is -2.63. The SMILES string of the molecule is C=C1CCC2(C)C(C)(O)C(=O)CCC2(O)C12CC(c1ccoc1)OC2=O. The minimum atomic E-state index is -1.72. The molecular formula is C20H24O6. The zero-order valence-corrected chi connectivity index (χ0v) is 15.1. The van der Waals surface area contributed by atoms with Gasteiger partial charge in [0.25, 0.3) is 0 Å². The summed E-state index contributed by atoms with van der Waals surface area (Å²) in [5.41, 5.74) is -4.51. The molecule has 6 nitrogen and oxygen atoms in total. The van der Waals surface area contributed by atoms with Crippen LogP contribution < -0.4 is 0 Å². The highest BCUT2D eigenvalue weighted by Gasteiger charge is 2.76.